The zero-order valence-electron chi connectivity index (χ0n) is 14.7. The molecule has 0 radical (unpaired) electrons. The minimum Gasteiger partial charge on any atom is -0.394 e. The second-order valence-electron chi connectivity index (χ2n) is 6.26. The monoisotopic (exact) mass is 361 g/mol. The van der Waals surface area contributed by atoms with Gasteiger partial charge in [-0.1, -0.05) is 18.2 Å². The van der Waals surface area contributed by atoms with Gasteiger partial charge in [0.2, 0.25) is 5.91 Å². The molecule has 1 aliphatic rings. The van der Waals surface area contributed by atoms with E-state index in [9.17, 15) is 9.59 Å². The number of amides is 1. The highest BCUT2D eigenvalue weighted by atomic mass is 16.5. The predicted molar refractivity (Wildman–Crippen MR) is 94.9 cm³/mol. The Morgan fingerprint density at radius 3 is 2.96 bits per heavy atom. The van der Waals surface area contributed by atoms with E-state index in [1.54, 1.807) is 12.1 Å². The molecular weight excluding hydrogens is 338 g/mol. The van der Waals surface area contributed by atoms with Crippen LogP contribution >= 0.6 is 0 Å². The second kappa shape index (κ2) is 8.39. The van der Waals surface area contributed by atoms with Crippen LogP contribution in [0.2, 0.25) is 0 Å². The highest BCUT2D eigenvalue weighted by Gasteiger charge is 2.28. The van der Waals surface area contributed by atoms with Gasteiger partial charge < -0.3 is 19.9 Å². The Hall–Kier alpha value is -2.29. The molecule has 0 aliphatic carbocycles. The maximum absolute atomic E-state index is 12.6. The summed E-state index contributed by atoms with van der Waals surface area (Å²) in [6, 6.07) is 7.00. The van der Waals surface area contributed by atoms with Gasteiger partial charge >= 0.3 is 0 Å². The van der Waals surface area contributed by atoms with Crippen molar-refractivity contribution in [3.8, 4) is 0 Å². The summed E-state index contributed by atoms with van der Waals surface area (Å²) in [5.74, 6) is -0.307. The number of hydrogen-bond donors (Lipinski definition) is 2. The number of aliphatic hydroxyl groups excluding tert-OH is 1. The molecule has 2 atom stereocenters. The van der Waals surface area contributed by atoms with E-state index >= 15 is 0 Å². The van der Waals surface area contributed by atoms with Crippen LogP contribution in [0.5, 0.6) is 0 Å². The van der Waals surface area contributed by atoms with E-state index in [1.165, 1.54) is 4.68 Å². The molecule has 1 aliphatic heterocycles. The molecule has 3 rings (SSSR count). The number of carbonyl (C=O) groups excluding carboxylic acids is 1. The molecule has 8 nitrogen and oxygen atoms in total. The van der Waals surface area contributed by atoms with Crippen LogP contribution in [0.25, 0.3) is 10.8 Å². The molecule has 26 heavy (non-hydrogen) atoms. The molecule has 8 heteroatoms. The average Bonchev–Trinajstić information content (AvgIpc) is 2.65. The molecule has 140 valence electrons. The Labute approximate surface area is 150 Å². The molecule has 1 saturated heterocycles. The number of benzene rings is 1. The first-order valence-electron chi connectivity index (χ1n) is 8.66. The summed E-state index contributed by atoms with van der Waals surface area (Å²) in [5, 5.41) is 17.4. The lowest BCUT2D eigenvalue weighted by Gasteiger charge is -2.32. The topological polar surface area (TPSA) is 103 Å². The summed E-state index contributed by atoms with van der Waals surface area (Å²) in [4.78, 5) is 25.0. The van der Waals surface area contributed by atoms with Gasteiger partial charge in [0.05, 0.1) is 36.9 Å². The number of ether oxygens (including phenoxy) is 2. The molecule has 0 unspecified atom stereocenters. The highest BCUT2D eigenvalue weighted by molar-refractivity contribution is 5.83. The van der Waals surface area contributed by atoms with Crippen LogP contribution in [0.1, 0.15) is 12.1 Å². The zero-order valence-corrected chi connectivity index (χ0v) is 14.7. The quantitative estimate of drug-likeness (QED) is 0.750. The number of aryl methyl sites for hydroxylation is 1. The number of aromatic nitrogens is 2. The van der Waals surface area contributed by atoms with Crippen molar-refractivity contribution in [3.05, 3.63) is 40.3 Å². The number of aliphatic hydroxyl groups is 1. The molecule has 1 amide bonds. The van der Waals surface area contributed by atoms with E-state index < -0.39 is 0 Å². The van der Waals surface area contributed by atoms with Gasteiger partial charge in [0, 0.05) is 12.0 Å². The zero-order chi connectivity index (χ0) is 18.5. The average molecular weight is 361 g/mol. The van der Waals surface area contributed by atoms with Crippen molar-refractivity contribution >= 4 is 16.7 Å². The molecule has 0 saturated carbocycles. The Morgan fingerprint density at radius 1 is 1.42 bits per heavy atom. The highest BCUT2D eigenvalue weighted by Crippen LogP contribution is 2.13. The normalized spacial score (nSPS) is 20.2. The first kappa shape index (κ1) is 18.5. The number of nitrogens with zero attached hydrogens (tertiary/aromatic N) is 2. The number of nitrogens with one attached hydrogen (secondary N) is 1. The van der Waals surface area contributed by atoms with E-state index in [-0.39, 0.29) is 43.4 Å². The van der Waals surface area contributed by atoms with Crippen molar-refractivity contribution in [1.82, 2.24) is 15.1 Å². The van der Waals surface area contributed by atoms with Gasteiger partial charge in [-0.25, -0.2) is 4.68 Å². The Balaban J connectivity index is 1.72. The molecular formula is C18H23N3O5. The van der Waals surface area contributed by atoms with Gasteiger partial charge in [-0.3, -0.25) is 9.59 Å². The Bertz CT molecular complexity index is 835. The fourth-order valence-corrected chi connectivity index (χ4v) is 3.15. The molecule has 2 heterocycles. The van der Waals surface area contributed by atoms with Crippen molar-refractivity contribution < 1.29 is 19.4 Å². The third-order valence-electron chi connectivity index (χ3n) is 4.42. The van der Waals surface area contributed by atoms with Crippen LogP contribution < -0.4 is 10.9 Å². The van der Waals surface area contributed by atoms with Crippen molar-refractivity contribution in [2.45, 2.75) is 32.0 Å². The van der Waals surface area contributed by atoms with Gasteiger partial charge in [-0.15, -0.1) is 0 Å². The summed E-state index contributed by atoms with van der Waals surface area (Å²) >= 11 is 0. The van der Waals surface area contributed by atoms with E-state index in [2.05, 4.69) is 10.4 Å². The minimum absolute atomic E-state index is 0.0904. The van der Waals surface area contributed by atoms with E-state index in [0.29, 0.717) is 30.7 Å². The first-order chi connectivity index (χ1) is 12.6. The van der Waals surface area contributed by atoms with Gasteiger partial charge in [0.15, 0.2) is 0 Å². The summed E-state index contributed by atoms with van der Waals surface area (Å²) in [6.07, 6.45) is 0.295. The van der Waals surface area contributed by atoms with Crippen LogP contribution in [-0.4, -0.2) is 59.4 Å². The van der Waals surface area contributed by atoms with Gasteiger partial charge in [-0.05, 0) is 19.4 Å². The minimum atomic E-state index is -0.317. The molecule has 2 N–H and O–H groups in total. The SMILES string of the molecule is Cc1nn(CC(=O)N[C@@H]2CCOC[C@H]2OCCO)c(=O)c2ccccc12. The van der Waals surface area contributed by atoms with Crippen LogP contribution in [0.3, 0.4) is 0 Å². The smallest absolute Gasteiger partial charge is 0.275 e. The van der Waals surface area contributed by atoms with Crippen LogP contribution in [0, 0.1) is 6.92 Å². The van der Waals surface area contributed by atoms with E-state index in [1.807, 2.05) is 19.1 Å². The molecule has 1 aromatic heterocycles. The molecule has 1 fully saturated rings. The third-order valence-corrected chi connectivity index (χ3v) is 4.42. The molecule has 0 spiro atoms. The molecule has 0 bridgehead atoms. The van der Waals surface area contributed by atoms with E-state index in [4.69, 9.17) is 14.6 Å². The Kier molecular flexibility index (Phi) is 5.97. The summed E-state index contributed by atoms with van der Waals surface area (Å²) in [7, 11) is 0. The van der Waals surface area contributed by atoms with Crippen LogP contribution in [0.4, 0.5) is 0 Å². The number of fused-ring (bicyclic) bond motifs is 1. The Morgan fingerprint density at radius 2 is 2.19 bits per heavy atom. The lowest BCUT2D eigenvalue weighted by molar-refractivity contribution is -0.127. The van der Waals surface area contributed by atoms with Crippen LogP contribution in [0.15, 0.2) is 29.1 Å². The standard InChI is InChI=1S/C18H23N3O5/c1-12-13-4-2-3-5-14(13)18(24)21(20-12)10-17(23)19-15-6-8-25-11-16(15)26-9-7-22/h2-5,15-16,22H,6-11H2,1H3,(H,19,23)/t15-,16-/m1/s1. The molecule has 2 aromatic rings. The summed E-state index contributed by atoms with van der Waals surface area (Å²) in [6.45, 7) is 2.63. The fraction of sp³-hybridized carbons (Fsp3) is 0.500. The lowest BCUT2D eigenvalue weighted by Crippen LogP contribution is -2.51. The maximum atomic E-state index is 12.6. The second-order valence-corrected chi connectivity index (χ2v) is 6.26. The number of carbonyl (C=O) groups is 1. The maximum Gasteiger partial charge on any atom is 0.275 e. The predicted octanol–water partition coefficient (Wildman–Crippen LogP) is -0.0125. The number of rotatable bonds is 6. The van der Waals surface area contributed by atoms with Gasteiger partial charge in [0.1, 0.15) is 12.6 Å². The van der Waals surface area contributed by atoms with Crippen molar-refractivity contribution in [1.29, 1.82) is 0 Å². The first-order valence-corrected chi connectivity index (χ1v) is 8.66. The summed E-state index contributed by atoms with van der Waals surface area (Å²) in [5.41, 5.74) is 0.407. The van der Waals surface area contributed by atoms with Crippen molar-refractivity contribution in [2.75, 3.05) is 26.4 Å². The van der Waals surface area contributed by atoms with E-state index in [0.717, 1.165) is 5.39 Å². The summed E-state index contributed by atoms with van der Waals surface area (Å²) < 4.78 is 12.1. The van der Waals surface area contributed by atoms with Crippen LogP contribution in [-0.2, 0) is 20.8 Å². The van der Waals surface area contributed by atoms with Crippen molar-refractivity contribution in [3.63, 3.8) is 0 Å². The largest absolute Gasteiger partial charge is 0.394 e. The van der Waals surface area contributed by atoms with Gasteiger partial charge in [-0.2, -0.15) is 5.10 Å². The fourth-order valence-electron chi connectivity index (χ4n) is 3.15. The van der Waals surface area contributed by atoms with Gasteiger partial charge in [0.25, 0.3) is 5.56 Å². The molecule has 1 aromatic carbocycles. The lowest BCUT2D eigenvalue weighted by atomic mass is 10.1. The number of hydrogen-bond acceptors (Lipinski definition) is 6. The third kappa shape index (κ3) is 4.09. The van der Waals surface area contributed by atoms with Crippen molar-refractivity contribution in [2.24, 2.45) is 0 Å².